The van der Waals surface area contributed by atoms with E-state index in [0.717, 1.165) is 5.56 Å². The van der Waals surface area contributed by atoms with Gasteiger partial charge in [0.1, 0.15) is 17.9 Å². The van der Waals surface area contributed by atoms with E-state index in [9.17, 15) is 13.2 Å². The first-order valence-corrected chi connectivity index (χ1v) is 10.8. The highest BCUT2D eigenvalue weighted by molar-refractivity contribution is 7.90. The maximum absolute atomic E-state index is 12.5. The Morgan fingerprint density at radius 2 is 1.87 bits per heavy atom. The molecule has 2 unspecified atom stereocenters. The lowest BCUT2D eigenvalue weighted by Gasteiger charge is -2.17. The molecule has 1 N–H and O–H groups in total. The highest BCUT2D eigenvalue weighted by Crippen LogP contribution is 2.26. The molecular formula is C20H17N5O4S. The molecule has 5 rings (SSSR count). The predicted molar refractivity (Wildman–Crippen MR) is 109 cm³/mol. The third-order valence-corrected chi connectivity index (χ3v) is 6.49. The van der Waals surface area contributed by atoms with Crippen molar-refractivity contribution >= 4 is 15.9 Å². The lowest BCUT2D eigenvalue weighted by molar-refractivity contribution is 0.182. The second kappa shape index (κ2) is 7.15. The molecule has 1 aromatic carbocycles. The molecule has 0 spiro atoms. The van der Waals surface area contributed by atoms with Gasteiger partial charge in [0, 0.05) is 29.6 Å². The number of pyridine rings is 1. The number of fused-ring (bicyclic) bond motifs is 1. The summed E-state index contributed by atoms with van der Waals surface area (Å²) in [5.41, 5.74) is 1.69. The van der Waals surface area contributed by atoms with Gasteiger partial charge in [-0.3, -0.25) is 19.5 Å². The summed E-state index contributed by atoms with van der Waals surface area (Å²) in [5.74, 6) is 0.254. The van der Waals surface area contributed by atoms with E-state index in [1.807, 2.05) is 12.1 Å². The fourth-order valence-corrected chi connectivity index (χ4v) is 4.86. The third kappa shape index (κ3) is 3.19. The largest absolute Gasteiger partial charge is 0.377 e. The van der Waals surface area contributed by atoms with Crippen LogP contribution >= 0.6 is 0 Å². The summed E-state index contributed by atoms with van der Waals surface area (Å²) < 4.78 is 34.1. The van der Waals surface area contributed by atoms with Gasteiger partial charge in [-0.1, -0.05) is 12.1 Å². The van der Waals surface area contributed by atoms with E-state index in [1.54, 1.807) is 36.7 Å². The first-order valence-electron chi connectivity index (χ1n) is 9.31. The standard InChI is InChI=1S/C20H17N5O4S/c26-19-6-5-15(13-7-9-21-10-8-13)23-25(19)17-12-29-11-16(17)22-20-14-3-1-2-4-18(14)30(27,28)24-20/h1-10,16-17H,11-12H2,(H,22,24). The Bertz CT molecular complexity index is 1300. The Morgan fingerprint density at radius 1 is 1.07 bits per heavy atom. The zero-order valence-corrected chi connectivity index (χ0v) is 16.5. The average Bonchev–Trinajstić information content (AvgIpc) is 3.31. The third-order valence-electron chi connectivity index (χ3n) is 5.09. The van der Waals surface area contributed by atoms with Crippen LogP contribution in [0, 0.1) is 0 Å². The van der Waals surface area contributed by atoms with Gasteiger partial charge in [0.25, 0.3) is 15.6 Å². The van der Waals surface area contributed by atoms with Gasteiger partial charge in [-0.25, -0.2) is 13.1 Å². The lowest BCUT2D eigenvalue weighted by Crippen LogP contribution is -2.34. The molecule has 0 bridgehead atoms. The minimum Gasteiger partial charge on any atom is -0.377 e. The van der Waals surface area contributed by atoms with Gasteiger partial charge in [0.2, 0.25) is 0 Å². The molecule has 2 aliphatic rings. The van der Waals surface area contributed by atoms with Crippen LogP contribution in [0.5, 0.6) is 0 Å². The zero-order valence-electron chi connectivity index (χ0n) is 15.7. The summed E-state index contributed by atoms with van der Waals surface area (Å²) in [4.78, 5) is 21.3. The summed E-state index contributed by atoms with van der Waals surface area (Å²) in [7, 11) is -3.64. The highest BCUT2D eigenvalue weighted by atomic mass is 32.2. The number of rotatable bonds is 3. The number of hydrogen-bond acceptors (Lipinski definition) is 7. The van der Waals surface area contributed by atoms with Crippen molar-refractivity contribution in [2.75, 3.05) is 13.2 Å². The van der Waals surface area contributed by atoms with Crippen LogP contribution in [0.1, 0.15) is 11.6 Å². The number of aliphatic imine (C=N–C) groups is 1. The van der Waals surface area contributed by atoms with Crippen molar-refractivity contribution in [3.05, 3.63) is 76.8 Å². The normalized spacial score (nSPS) is 23.3. The lowest BCUT2D eigenvalue weighted by atomic mass is 10.1. The monoisotopic (exact) mass is 423 g/mol. The van der Waals surface area contributed by atoms with E-state index in [2.05, 4.69) is 19.8 Å². The van der Waals surface area contributed by atoms with Crippen LogP contribution in [-0.4, -0.2) is 48.3 Å². The maximum Gasteiger partial charge on any atom is 0.267 e. The molecule has 30 heavy (non-hydrogen) atoms. The Labute approximate surface area is 172 Å². The first-order chi connectivity index (χ1) is 14.5. The molecule has 4 heterocycles. The molecule has 10 heteroatoms. The minimum absolute atomic E-state index is 0.189. The van der Waals surface area contributed by atoms with E-state index in [1.165, 1.54) is 16.8 Å². The average molecular weight is 423 g/mol. The number of aromatic nitrogens is 3. The quantitative estimate of drug-likeness (QED) is 0.672. The molecule has 1 saturated heterocycles. The smallest absolute Gasteiger partial charge is 0.267 e. The molecule has 0 aliphatic carbocycles. The summed E-state index contributed by atoms with van der Waals surface area (Å²) in [6, 6.07) is 12.5. The van der Waals surface area contributed by atoms with Gasteiger partial charge < -0.3 is 4.74 Å². The first kappa shape index (κ1) is 18.6. The molecular weight excluding hydrogens is 406 g/mol. The molecule has 2 aromatic heterocycles. The van der Waals surface area contributed by atoms with Crippen LogP contribution in [0.15, 0.2) is 75.6 Å². The second-order valence-electron chi connectivity index (χ2n) is 6.99. The SMILES string of the molecule is O=c1ccc(-c2ccncc2)nn1C1COCC1N=C1NS(=O)(=O)c2ccccc21. The summed E-state index contributed by atoms with van der Waals surface area (Å²) in [6.07, 6.45) is 3.31. The highest BCUT2D eigenvalue weighted by Gasteiger charge is 2.35. The molecule has 1 fully saturated rings. The number of amidine groups is 1. The molecule has 2 aliphatic heterocycles. The summed E-state index contributed by atoms with van der Waals surface area (Å²) in [6.45, 7) is 0.508. The summed E-state index contributed by atoms with van der Waals surface area (Å²) in [5, 5.41) is 4.51. The van der Waals surface area contributed by atoms with Crippen LogP contribution < -0.4 is 10.3 Å². The van der Waals surface area contributed by atoms with Crippen LogP contribution in [0.3, 0.4) is 0 Å². The van der Waals surface area contributed by atoms with Gasteiger partial charge >= 0.3 is 0 Å². The molecule has 0 radical (unpaired) electrons. The molecule has 9 nitrogen and oxygen atoms in total. The number of ether oxygens (including phenoxy) is 1. The number of sulfonamides is 1. The Hall–Kier alpha value is -3.37. The Kier molecular flexibility index (Phi) is 4.44. The second-order valence-corrected chi connectivity index (χ2v) is 8.64. The van der Waals surface area contributed by atoms with E-state index < -0.39 is 22.1 Å². The van der Waals surface area contributed by atoms with Gasteiger partial charge in [0.05, 0.1) is 23.8 Å². The maximum atomic E-state index is 12.5. The molecule has 2 atom stereocenters. The van der Waals surface area contributed by atoms with E-state index >= 15 is 0 Å². The van der Waals surface area contributed by atoms with Crippen LogP contribution in [0.25, 0.3) is 11.3 Å². The fourth-order valence-electron chi connectivity index (χ4n) is 3.62. The van der Waals surface area contributed by atoms with E-state index in [-0.39, 0.29) is 29.5 Å². The zero-order chi connectivity index (χ0) is 20.7. The van der Waals surface area contributed by atoms with Gasteiger partial charge in [-0.05, 0) is 30.3 Å². The van der Waals surface area contributed by atoms with Crippen molar-refractivity contribution in [3.8, 4) is 11.3 Å². The van der Waals surface area contributed by atoms with Crippen molar-refractivity contribution in [1.82, 2.24) is 19.5 Å². The van der Waals surface area contributed by atoms with Crippen molar-refractivity contribution in [1.29, 1.82) is 0 Å². The molecule has 152 valence electrons. The van der Waals surface area contributed by atoms with Gasteiger partial charge in [-0.15, -0.1) is 0 Å². The van der Waals surface area contributed by atoms with Gasteiger partial charge in [-0.2, -0.15) is 5.10 Å². The van der Waals surface area contributed by atoms with Gasteiger partial charge in [0.15, 0.2) is 0 Å². The number of nitrogens with one attached hydrogen (secondary N) is 1. The molecule has 3 aromatic rings. The van der Waals surface area contributed by atoms with Crippen LogP contribution in [0.4, 0.5) is 0 Å². The van der Waals surface area contributed by atoms with Crippen molar-refractivity contribution in [2.45, 2.75) is 17.0 Å². The minimum atomic E-state index is -3.64. The number of nitrogens with zero attached hydrogens (tertiary/aromatic N) is 4. The van der Waals surface area contributed by atoms with Crippen LogP contribution in [-0.2, 0) is 14.8 Å². The predicted octanol–water partition coefficient (Wildman–Crippen LogP) is 0.984. The van der Waals surface area contributed by atoms with E-state index in [0.29, 0.717) is 11.3 Å². The number of benzene rings is 1. The topological polar surface area (TPSA) is 116 Å². The van der Waals surface area contributed by atoms with Crippen molar-refractivity contribution in [2.24, 2.45) is 4.99 Å². The Morgan fingerprint density at radius 3 is 2.70 bits per heavy atom. The van der Waals surface area contributed by atoms with Crippen molar-refractivity contribution in [3.63, 3.8) is 0 Å². The van der Waals surface area contributed by atoms with E-state index in [4.69, 9.17) is 4.74 Å². The Balaban J connectivity index is 1.53. The van der Waals surface area contributed by atoms with Crippen molar-refractivity contribution < 1.29 is 13.2 Å². The number of hydrogen-bond donors (Lipinski definition) is 1. The summed E-state index contributed by atoms with van der Waals surface area (Å²) >= 11 is 0. The molecule has 0 amide bonds. The molecule has 0 saturated carbocycles. The van der Waals surface area contributed by atoms with Crippen LogP contribution in [0.2, 0.25) is 0 Å². The fraction of sp³-hybridized carbons (Fsp3) is 0.200.